The molecule has 2 aliphatic rings. The largest absolute Gasteiger partial charge is 0.490 e. The van der Waals surface area contributed by atoms with Gasteiger partial charge in [-0.2, -0.15) is 0 Å². The van der Waals surface area contributed by atoms with Crippen LogP contribution in [0.5, 0.6) is 5.75 Å². The predicted octanol–water partition coefficient (Wildman–Crippen LogP) is 3.06. The fourth-order valence-corrected chi connectivity index (χ4v) is 3.55. The van der Waals surface area contributed by atoms with Crippen LogP contribution in [0.4, 0.5) is 5.69 Å². The van der Waals surface area contributed by atoms with Crippen LogP contribution in [0, 0.1) is 0 Å². The Balaban J connectivity index is 1.51. The van der Waals surface area contributed by atoms with E-state index in [-0.39, 0.29) is 18.1 Å². The summed E-state index contributed by atoms with van der Waals surface area (Å²) < 4.78 is 11.7. The minimum Gasteiger partial charge on any atom is -0.490 e. The SMILES string of the molecule is C[C@H]1CN(C(=O)CNc2cccc(OC3CCCC3)c2)C[C@H](C)O1. The number of morpholine rings is 1. The molecule has 5 nitrogen and oxygen atoms in total. The maximum Gasteiger partial charge on any atom is 0.242 e. The van der Waals surface area contributed by atoms with Crippen LogP contribution in [-0.2, 0) is 9.53 Å². The van der Waals surface area contributed by atoms with Gasteiger partial charge in [0.25, 0.3) is 0 Å². The summed E-state index contributed by atoms with van der Waals surface area (Å²) in [6.45, 7) is 5.64. The molecule has 1 aliphatic carbocycles. The Morgan fingerprint density at radius 1 is 1.25 bits per heavy atom. The molecule has 2 atom stereocenters. The minimum atomic E-state index is 0.0980. The molecule has 1 aliphatic heterocycles. The molecule has 1 heterocycles. The Morgan fingerprint density at radius 3 is 2.67 bits per heavy atom. The molecule has 3 rings (SSSR count). The second-order valence-electron chi connectivity index (χ2n) is 6.96. The summed E-state index contributed by atoms with van der Waals surface area (Å²) in [5, 5.41) is 3.22. The third kappa shape index (κ3) is 4.63. The molecule has 24 heavy (non-hydrogen) atoms. The topological polar surface area (TPSA) is 50.8 Å². The summed E-state index contributed by atoms with van der Waals surface area (Å²) in [6.07, 6.45) is 5.34. The van der Waals surface area contributed by atoms with E-state index in [4.69, 9.17) is 9.47 Å². The highest BCUT2D eigenvalue weighted by molar-refractivity contribution is 5.81. The highest BCUT2D eigenvalue weighted by Gasteiger charge is 2.25. The Labute approximate surface area is 144 Å². The molecule has 0 radical (unpaired) electrons. The zero-order valence-corrected chi connectivity index (χ0v) is 14.7. The zero-order valence-electron chi connectivity index (χ0n) is 14.7. The second-order valence-corrected chi connectivity index (χ2v) is 6.96. The van der Waals surface area contributed by atoms with Gasteiger partial charge in [-0.15, -0.1) is 0 Å². The van der Waals surface area contributed by atoms with Gasteiger partial charge < -0.3 is 19.7 Å². The molecule has 2 fully saturated rings. The number of benzene rings is 1. The molecule has 1 aromatic carbocycles. The van der Waals surface area contributed by atoms with Crippen molar-refractivity contribution < 1.29 is 14.3 Å². The first kappa shape index (κ1) is 17.1. The normalized spacial score (nSPS) is 24.8. The van der Waals surface area contributed by atoms with Crippen molar-refractivity contribution in [2.45, 2.75) is 57.8 Å². The number of ether oxygens (including phenoxy) is 2. The summed E-state index contributed by atoms with van der Waals surface area (Å²) in [5.41, 5.74) is 0.924. The van der Waals surface area contributed by atoms with Crippen molar-refractivity contribution in [1.29, 1.82) is 0 Å². The average molecular weight is 332 g/mol. The number of hydrogen-bond donors (Lipinski definition) is 1. The van der Waals surface area contributed by atoms with Crippen LogP contribution in [0.25, 0.3) is 0 Å². The molecular weight excluding hydrogens is 304 g/mol. The quantitative estimate of drug-likeness (QED) is 0.900. The maximum absolute atomic E-state index is 12.4. The molecule has 1 saturated carbocycles. The lowest BCUT2D eigenvalue weighted by Gasteiger charge is -2.35. The van der Waals surface area contributed by atoms with Crippen molar-refractivity contribution in [3.63, 3.8) is 0 Å². The van der Waals surface area contributed by atoms with Gasteiger partial charge >= 0.3 is 0 Å². The van der Waals surface area contributed by atoms with Gasteiger partial charge in [-0.05, 0) is 51.7 Å². The van der Waals surface area contributed by atoms with E-state index >= 15 is 0 Å². The molecule has 0 spiro atoms. The lowest BCUT2D eigenvalue weighted by Crippen LogP contribution is -2.49. The van der Waals surface area contributed by atoms with Crippen LogP contribution in [0.3, 0.4) is 0 Å². The van der Waals surface area contributed by atoms with Gasteiger partial charge in [-0.25, -0.2) is 0 Å². The molecule has 5 heteroatoms. The third-order valence-electron chi connectivity index (χ3n) is 4.66. The van der Waals surface area contributed by atoms with Crippen LogP contribution in [0.15, 0.2) is 24.3 Å². The van der Waals surface area contributed by atoms with Gasteiger partial charge in [0, 0.05) is 24.8 Å². The Kier molecular flexibility index (Phi) is 5.61. The summed E-state index contributed by atoms with van der Waals surface area (Å²) in [4.78, 5) is 14.3. The van der Waals surface area contributed by atoms with Gasteiger partial charge in [0.1, 0.15) is 5.75 Å². The number of amides is 1. The summed E-state index contributed by atoms with van der Waals surface area (Å²) in [7, 11) is 0. The van der Waals surface area contributed by atoms with Crippen LogP contribution in [0.1, 0.15) is 39.5 Å². The summed E-state index contributed by atoms with van der Waals surface area (Å²) >= 11 is 0. The number of rotatable bonds is 5. The Hall–Kier alpha value is -1.75. The highest BCUT2D eigenvalue weighted by Crippen LogP contribution is 2.25. The van der Waals surface area contributed by atoms with Gasteiger partial charge in [0.05, 0.1) is 24.9 Å². The van der Waals surface area contributed by atoms with E-state index in [9.17, 15) is 4.79 Å². The standard InChI is InChI=1S/C19H28N2O3/c1-14-12-21(13-15(2)23-14)19(22)11-20-16-6-5-9-18(10-16)24-17-7-3-4-8-17/h5-6,9-10,14-15,17,20H,3-4,7-8,11-13H2,1-2H3/t14-,15-/m0/s1. The Bertz CT molecular complexity index is 547. The van der Waals surface area contributed by atoms with E-state index in [0.717, 1.165) is 24.3 Å². The fraction of sp³-hybridized carbons (Fsp3) is 0.632. The van der Waals surface area contributed by atoms with E-state index in [2.05, 4.69) is 5.32 Å². The number of carbonyl (C=O) groups is 1. The number of nitrogens with zero attached hydrogens (tertiary/aromatic N) is 1. The van der Waals surface area contributed by atoms with Crippen LogP contribution < -0.4 is 10.1 Å². The first-order valence-corrected chi connectivity index (χ1v) is 9.04. The van der Waals surface area contributed by atoms with E-state index < -0.39 is 0 Å². The molecule has 0 aromatic heterocycles. The van der Waals surface area contributed by atoms with E-state index in [1.807, 2.05) is 43.0 Å². The molecule has 132 valence electrons. The third-order valence-corrected chi connectivity index (χ3v) is 4.66. The Morgan fingerprint density at radius 2 is 1.96 bits per heavy atom. The van der Waals surface area contributed by atoms with Gasteiger partial charge in [0.15, 0.2) is 0 Å². The maximum atomic E-state index is 12.4. The van der Waals surface area contributed by atoms with E-state index in [1.54, 1.807) is 0 Å². The number of hydrogen-bond acceptors (Lipinski definition) is 4. The van der Waals surface area contributed by atoms with Crippen molar-refractivity contribution in [2.75, 3.05) is 25.0 Å². The van der Waals surface area contributed by atoms with Gasteiger partial charge in [0.2, 0.25) is 5.91 Å². The molecule has 0 bridgehead atoms. The highest BCUT2D eigenvalue weighted by atomic mass is 16.5. The minimum absolute atomic E-state index is 0.0980. The predicted molar refractivity (Wildman–Crippen MR) is 94.4 cm³/mol. The molecule has 0 unspecified atom stereocenters. The van der Waals surface area contributed by atoms with Crippen molar-refractivity contribution in [1.82, 2.24) is 4.90 Å². The molecule has 1 N–H and O–H groups in total. The van der Waals surface area contributed by atoms with Crippen LogP contribution in [-0.4, -0.2) is 48.8 Å². The van der Waals surface area contributed by atoms with Crippen molar-refractivity contribution in [3.05, 3.63) is 24.3 Å². The molecule has 1 amide bonds. The average Bonchev–Trinajstić information content (AvgIpc) is 3.05. The monoisotopic (exact) mass is 332 g/mol. The van der Waals surface area contributed by atoms with E-state index in [0.29, 0.717) is 25.7 Å². The zero-order chi connectivity index (χ0) is 16.9. The molecular formula is C19H28N2O3. The molecule has 1 aromatic rings. The number of carbonyl (C=O) groups excluding carboxylic acids is 1. The van der Waals surface area contributed by atoms with Gasteiger partial charge in [-0.1, -0.05) is 6.07 Å². The van der Waals surface area contributed by atoms with Crippen molar-refractivity contribution in [3.8, 4) is 5.75 Å². The first-order chi connectivity index (χ1) is 11.6. The number of anilines is 1. The van der Waals surface area contributed by atoms with Gasteiger partial charge in [-0.3, -0.25) is 4.79 Å². The smallest absolute Gasteiger partial charge is 0.242 e. The summed E-state index contributed by atoms with van der Waals surface area (Å²) in [5.74, 6) is 0.993. The first-order valence-electron chi connectivity index (χ1n) is 9.04. The second kappa shape index (κ2) is 7.88. The fourth-order valence-electron chi connectivity index (χ4n) is 3.55. The lowest BCUT2D eigenvalue weighted by atomic mass is 10.2. The van der Waals surface area contributed by atoms with Crippen molar-refractivity contribution >= 4 is 11.6 Å². The van der Waals surface area contributed by atoms with Crippen LogP contribution in [0.2, 0.25) is 0 Å². The van der Waals surface area contributed by atoms with Crippen molar-refractivity contribution in [2.24, 2.45) is 0 Å². The molecule has 1 saturated heterocycles. The van der Waals surface area contributed by atoms with Crippen LogP contribution >= 0.6 is 0 Å². The van der Waals surface area contributed by atoms with E-state index in [1.165, 1.54) is 12.8 Å². The summed E-state index contributed by atoms with van der Waals surface area (Å²) in [6, 6.07) is 7.90. The lowest BCUT2D eigenvalue weighted by molar-refractivity contribution is -0.141. The number of nitrogens with one attached hydrogen (secondary N) is 1.